The molecule has 44 valence electrons. The van der Waals surface area contributed by atoms with E-state index in [9.17, 15) is 0 Å². The van der Waals surface area contributed by atoms with Gasteiger partial charge in [-0.15, -0.1) is 0 Å². The van der Waals surface area contributed by atoms with Gasteiger partial charge in [-0.05, 0) is 13.2 Å². The molecule has 0 radical (unpaired) electrons. The van der Waals surface area contributed by atoms with Crippen LogP contribution in [0.3, 0.4) is 0 Å². The molecule has 0 fully saturated rings. The fourth-order valence-electron chi connectivity index (χ4n) is 0.197. The molecule has 0 saturated heterocycles. The highest BCUT2D eigenvalue weighted by Gasteiger charge is 2.03. The van der Waals surface area contributed by atoms with Crippen molar-refractivity contribution in [3.63, 3.8) is 0 Å². The molecule has 0 aliphatic carbocycles. The Balaban J connectivity index is 3.14. The smallest absolute Gasteiger partial charge is 0.0627 e. The van der Waals surface area contributed by atoms with Crippen LogP contribution < -0.4 is 0 Å². The first kappa shape index (κ1) is 7.31. The maximum Gasteiger partial charge on any atom is 0.0627 e. The normalized spacial score (nSPS) is 18.9. The van der Waals surface area contributed by atoms with Crippen LogP contribution in [0.2, 0.25) is 0 Å². The summed E-state index contributed by atoms with van der Waals surface area (Å²) in [4.78, 5) is 0. The van der Waals surface area contributed by atoms with Crippen molar-refractivity contribution in [2.24, 2.45) is 0 Å². The second-order valence-electron chi connectivity index (χ2n) is 1.68. The molecule has 2 heteroatoms. The van der Waals surface area contributed by atoms with Gasteiger partial charge in [0.1, 0.15) is 0 Å². The van der Waals surface area contributed by atoms with Gasteiger partial charge in [0.25, 0.3) is 0 Å². The van der Waals surface area contributed by atoms with Crippen LogP contribution in [0.15, 0.2) is 0 Å². The van der Waals surface area contributed by atoms with E-state index >= 15 is 0 Å². The predicted molar refractivity (Wildman–Crippen MR) is 34.7 cm³/mol. The molecule has 0 saturated carbocycles. The number of aliphatic hydroxyl groups excluding tert-OH is 1. The molecule has 0 unspecified atom stereocenters. The van der Waals surface area contributed by atoms with Crippen LogP contribution in [-0.4, -0.2) is 22.7 Å². The average Bonchev–Trinajstić information content (AvgIpc) is 1.65. The number of hydrogen-bond donors (Lipinski definition) is 1. The molecule has 0 amide bonds. The van der Waals surface area contributed by atoms with E-state index in [1.54, 1.807) is 18.7 Å². The molecular formula is C5H12OS. The van der Waals surface area contributed by atoms with Gasteiger partial charge in [-0.3, -0.25) is 0 Å². The Morgan fingerprint density at radius 1 is 1.43 bits per heavy atom. The molecule has 0 aromatic carbocycles. The van der Waals surface area contributed by atoms with Crippen LogP contribution >= 0.6 is 11.8 Å². The third-order valence-corrected chi connectivity index (χ3v) is 2.19. The zero-order chi connectivity index (χ0) is 5.86. The van der Waals surface area contributed by atoms with E-state index in [1.165, 1.54) is 0 Å². The van der Waals surface area contributed by atoms with Crippen LogP contribution in [-0.2, 0) is 0 Å². The van der Waals surface area contributed by atoms with Crippen molar-refractivity contribution in [3.8, 4) is 0 Å². The topological polar surface area (TPSA) is 20.2 Å². The van der Waals surface area contributed by atoms with Crippen LogP contribution in [0.25, 0.3) is 0 Å². The second-order valence-corrected chi connectivity index (χ2v) is 2.90. The fraction of sp³-hybridized carbons (Fsp3) is 1.00. The number of hydrogen-bond acceptors (Lipinski definition) is 2. The Morgan fingerprint density at radius 2 is 1.86 bits per heavy atom. The van der Waals surface area contributed by atoms with E-state index in [0.717, 1.165) is 0 Å². The average molecular weight is 120 g/mol. The molecule has 0 aliphatic rings. The first-order valence-electron chi connectivity index (χ1n) is 2.39. The van der Waals surface area contributed by atoms with Crippen molar-refractivity contribution >= 4 is 11.8 Å². The van der Waals surface area contributed by atoms with Gasteiger partial charge < -0.3 is 5.11 Å². The second kappa shape index (κ2) is 3.33. The van der Waals surface area contributed by atoms with Crippen molar-refractivity contribution in [1.82, 2.24) is 0 Å². The molecule has 0 heterocycles. The van der Waals surface area contributed by atoms with Gasteiger partial charge in [0.2, 0.25) is 0 Å². The van der Waals surface area contributed by atoms with Gasteiger partial charge >= 0.3 is 0 Å². The third kappa shape index (κ3) is 2.94. The van der Waals surface area contributed by atoms with E-state index in [1.807, 2.05) is 13.2 Å². The van der Waals surface area contributed by atoms with E-state index < -0.39 is 0 Å². The minimum absolute atomic E-state index is 0.171. The summed E-state index contributed by atoms with van der Waals surface area (Å²) in [6, 6.07) is 0. The molecule has 2 atom stereocenters. The molecule has 0 aliphatic heterocycles. The Hall–Kier alpha value is 0.310. The summed E-state index contributed by atoms with van der Waals surface area (Å²) in [5.74, 6) is 0. The van der Waals surface area contributed by atoms with Gasteiger partial charge in [-0.1, -0.05) is 6.92 Å². The van der Waals surface area contributed by atoms with Crippen molar-refractivity contribution in [1.29, 1.82) is 0 Å². The zero-order valence-electron chi connectivity index (χ0n) is 5.01. The highest BCUT2D eigenvalue weighted by Crippen LogP contribution is 2.08. The summed E-state index contributed by atoms with van der Waals surface area (Å²) >= 11 is 1.68. The summed E-state index contributed by atoms with van der Waals surface area (Å²) in [5, 5.41) is 9.18. The van der Waals surface area contributed by atoms with Gasteiger partial charge in [0.15, 0.2) is 0 Å². The fourth-order valence-corrected chi connectivity index (χ4v) is 0.591. The monoisotopic (exact) mass is 120 g/mol. The van der Waals surface area contributed by atoms with E-state index in [2.05, 4.69) is 0 Å². The Labute approximate surface area is 49.1 Å². The number of thioether (sulfide) groups is 1. The van der Waals surface area contributed by atoms with Crippen LogP contribution in [0.1, 0.15) is 13.8 Å². The van der Waals surface area contributed by atoms with Crippen molar-refractivity contribution < 1.29 is 5.11 Å². The lowest BCUT2D eigenvalue weighted by Crippen LogP contribution is -2.14. The van der Waals surface area contributed by atoms with E-state index in [4.69, 9.17) is 5.11 Å². The first-order valence-corrected chi connectivity index (χ1v) is 3.68. The highest BCUT2D eigenvalue weighted by molar-refractivity contribution is 7.99. The van der Waals surface area contributed by atoms with Crippen LogP contribution in [0.4, 0.5) is 0 Å². The van der Waals surface area contributed by atoms with Gasteiger partial charge in [0, 0.05) is 5.25 Å². The molecular weight excluding hydrogens is 108 g/mol. The molecule has 0 bridgehead atoms. The molecule has 7 heavy (non-hydrogen) atoms. The number of aliphatic hydroxyl groups is 1. The van der Waals surface area contributed by atoms with Crippen molar-refractivity contribution in [3.05, 3.63) is 0 Å². The molecule has 0 aromatic heterocycles. The Morgan fingerprint density at radius 3 is 1.86 bits per heavy atom. The minimum Gasteiger partial charge on any atom is -0.392 e. The summed E-state index contributed by atoms with van der Waals surface area (Å²) in [7, 11) is 0. The predicted octanol–water partition coefficient (Wildman–Crippen LogP) is 1.12. The SMILES string of the molecule is CS[C@H](C)[C@H](C)O. The zero-order valence-corrected chi connectivity index (χ0v) is 5.83. The van der Waals surface area contributed by atoms with E-state index in [0.29, 0.717) is 5.25 Å². The lowest BCUT2D eigenvalue weighted by molar-refractivity contribution is 0.196. The Kier molecular flexibility index (Phi) is 3.48. The van der Waals surface area contributed by atoms with Crippen LogP contribution in [0, 0.1) is 0 Å². The highest BCUT2D eigenvalue weighted by atomic mass is 32.2. The summed E-state index contributed by atoms with van der Waals surface area (Å²) in [5.41, 5.74) is 0. The molecule has 0 rings (SSSR count). The third-order valence-electron chi connectivity index (χ3n) is 1.05. The summed E-state index contributed by atoms with van der Waals surface area (Å²) in [6.07, 6.45) is 1.83. The summed E-state index contributed by atoms with van der Waals surface area (Å²) in [6.45, 7) is 3.82. The van der Waals surface area contributed by atoms with Crippen molar-refractivity contribution in [2.45, 2.75) is 25.2 Å². The first-order chi connectivity index (χ1) is 3.18. The van der Waals surface area contributed by atoms with Crippen molar-refractivity contribution in [2.75, 3.05) is 6.26 Å². The molecule has 1 N–H and O–H groups in total. The number of rotatable bonds is 2. The van der Waals surface area contributed by atoms with E-state index in [-0.39, 0.29) is 6.10 Å². The molecule has 1 nitrogen and oxygen atoms in total. The quantitative estimate of drug-likeness (QED) is 0.589. The lowest BCUT2D eigenvalue weighted by atomic mass is 10.3. The summed E-state index contributed by atoms with van der Waals surface area (Å²) < 4.78 is 0. The maximum atomic E-state index is 8.80. The van der Waals surface area contributed by atoms with Gasteiger partial charge in [-0.25, -0.2) is 0 Å². The molecule has 0 aromatic rings. The van der Waals surface area contributed by atoms with Crippen LogP contribution in [0.5, 0.6) is 0 Å². The molecule has 0 spiro atoms. The minimum atomic E-state index is -0.171. The Bertz CT molecular complexity index is 45.3. The van der Waals surface area contributed by atoms with Gasteiger partial charge in [-0.2, -0.15) is 11.8 Å². The lowest BCUT2D eigenvalue weighted by Gasteiger charge is -2.09. The standard InChI is InChI=1S/C5H12OS/c1-4(6)5(2)7-3/h4-6H,1-3H3/t4-,5+/m0/s1. The largest absolute Gasteiger partial charge is 0.392 e. The maximum absolute atomic E-state index is 8.80. The van der Waals surface area contributed by atoms with Gasteiger partial charge in [0.05, 0.1) is 6.10 Å².